The first-order chi connectivity index (χ1) is 14.7. The Bertz CT molecular complexity index is 1080. The fraction of sp³-hybridized carbons (Fsp3) is 0.190. The van der Waals surface area contributed by atoms with E-state index in [0.29, 0.717) is 5.16 Å². The lowest BCUT2D eigenvalue weighted by Gasteiger charge is -2.12. The molecule has 1 heterocycles. The van der Waals surface area contributed by atoms with Gasteiger partial charge in [-0.25, -0.2) is 9.78 Å². The maximum absolute atomic E-state index is 12.8. The molecule has 0 aliphatic rings. The van der Waals surface area contributed by atoms with Crippen molar-refractivity contribution >= 4 is 29.3 Å². The molecular formula is C21H18F3N3O3S. The van der Waals surface area contributed by atoms with Crippen LogP contribution in [0.3, 0.4) is 0 Å². The highest BCUT2D eigenvalue weighted by atomic mass is 32.2. The van der Waals surface area contributed by atoms with E-state index in [1.165, 1.54) is 30.0 Å². The number of esters is 1. The minimum Gasteiger partial charge on any atom is -0.457 e. The molecule has 10 heteroatoms. The van der Waals surface area contributed by atoms with Crippen LogP contribution in [0.1, 0.15) is 21.5 Å². The number of carbonyl (C=O) groups is 2. The minimum absolute atomic E-state index is 0.0818. The zero-order valence-corrected chi connectivity index (χ0v) is 17.2. The summed E-state index contributed by atoms with van der Waals surface area (Å²) in [6, 6.07) is 10.8. The molecule has 1 aromatic heterocycles. The number of aromatic nitrogens is 2. The Kier molecular flexibility index (Phi) is 7.01. The quantitative estimate of drug-likeness (QED) is 0.424. The number of anilines is 1. The number of alkyl halides is 3. The number of para-hydroxylation sites is 1. The molecule has 0 spiro atoms. The van der Waals surface area contributed by atoms with Gasteiger partial charge in [-0.2, -0.15) is 13.2 Å². The third-order valence-corrected chi connectivity index (χ3v) is 5.21. The summed E-state index contributed by atoms with van der Waals surface area (Å²) in [4.78, 5) is 28.9. The molecule has 31 heavy (non-hydrogen) atoms. The lowest BCUT2D eigenvalue weighted by atomic mass is 10.1. The van der Waals surface area contributed by atoms with Gasteiger partial charge in [0.05, 0.1) is 22.6 Å². The fourth-order valence-electron chi connectivity index (χ4n) is 2.64. The molecule has 0 fully saturated rings. The SMILES string of the molecule is Cn1ccnc1SCC(=O)Nc1ccccc1C(=O)OCc1cccc(C(F)(F)F)c1. The summed E-state index contributed by atoms with van der Waals surface area (Å²) in [5.74, 6) is -1.02. The van der Waals surface area contributed by atoms with E-state index >= 15 is 0 Å². The van der Waals surface area contributed by atoms with Crippen molar-refractivity contribution in [3.63, 3.8) is 0 Å². The number of hydrogen-bond acceptors (Lipinski definition) is 5. The second kappa shape index (κ2) is 9.69. The van der Waals surface area contributed by atoms with Crippen molar-refractivity contribution in [3.8, 4) is 0 Å². The number of amides is 1. The maximum atomic E-state index is 12.8. The summed E-state index contributed by atoms with van der Waals surface area (Å²) >= 11 is 1.24. The van der Waals surface area contributed by atoms with Crippen LogP contribution in [-0.4, -0.2) is 27.2 Å². The summed E-state index contributed by atoms with van der Waals surface area (Å²) in [5, 5.41) is 3.32. The van der Waals surface area contributed by atoms with Crippen molar-refractivity contribution in [2.75, 3.05) is 11.1 Å². The first-order valence-electron chi connectivity index (χ1n) is 9.06. The van der Waals surface area contributed by atoms with Gasteiger partial charge in [-0.05, 0) is 29.8 Å². The maximum Gasteiger partial charge on any atom is 0.416 e. The third-order valence-electron chi connectivity index (χ3n) is 4.15. The third kappa shape index (κ3) is 6.11. The van der Waals surface area contributed by atoms with Crippen molar-refractivity contribution in [3.05, 3.63) is 77.6 Å². The van der Waals surface area contributed by atoms with Gasteiger partial charge in [0, 0.05) is 19.4 Å². The van der Waals surface area contributed by atoms with Gasteiger partial charge in [-0.1, -0.05) is 36.0 Å². The second-order valence-corrected chi connectivity index (χ2v) is 7.42. The number of thioether (sulfide) groups is 1. The average Bonchev–Trinajstić information content (AvgIpc) is 3.15. The normalized spacial score (nSPS) is 11.2. The van der Waals surface area contributed by atoms with Gasteiger partial charge >= 0.3 is 12.1 Å². The number of aryl methyl sites for hydroxylation is 1. The average molecular weight is 449 g/mol. The molecule has 3 aromatic rings. The van der Waals surface area contributed by atoms with Crippen LogP contribution in [-0.2, 0) is 29.4 Å². The molecule has 0 saturated carbocycles. The van der Waals surface area contributed by atoms with E-state index in [1.54, 1.807) is 35.2 Å². The summed E-state index contributed by atoms with van der Waals surface area (Å²) in [5.41, 5.74) is -0.262. The van der Waals surface area contributed by atoms with Crippen LogP contribution < -0.4 is 5.32 Å². The number of rotatable bonds is 7. The van der Waals surface area contributed by atoms with Gasteiger partial charge in [0.15, 0.2) is 5.16 Å². The van der Waals surface area contributed by atoms with Crippen molar-refractivity contribution in [2.45, 2.75) is 17.9 Å². The number of carbonyl (C=O) groups excluding carboxylic acids is 2. The van der Waals surface area contributed by atoms with E-state index in [1.807, 2.05) is 7.05 Å². The Hall–Kier alpha value is -3.27. The minimum atomic E-state index is -4.48. The van der Waals surface area contributed by atoms with Crippen molar-refractivity contribution in [1.82, 2.24) is 9.55 Å². The molecule has 0 bridgehead atoms. The molecule has 0 saturated heterocycles. The van der Waals surface area contributed by atoms with Gasteiger partial charge in [-0.3, -0.25) is 4.79 Å². The smallest absolute Gasteiger partial charge is 0.416 e. The molecular weight excluding hydrogens is 431 g/mol. The van der Waals surface area contributed by atoms with Crippen LogP contribution in [0, 0.1) is 0 Å². The monoisotopic (exact) mass is 449 g/mol. The second-order valence-electron chi connectivity index (χ2n) is 6.48. The first kappa shape index (κ1) is 22.4. The fourth-order valence-corrected chi connectivity index (χ4v) is 3.37. The number of benzene rings is 2. The summed E-state index contributed by atoms with van der Waals surface area (Å²) in [7, 11) is 1.81. The van der Waals surface area contributed by atoms with Crippen molar-refractivity contribution in [1.29, 1.82) is 0 Å². The predicted molar refractivity (Wildman–Crippen MR) is 110 cm³/mol. The Morgan fingerprint density at radius 3 is 2.65 bits per heavy atom. The van der Waals surface area contributed by atoms with Crippen LogP contribution in [0.25, 0.3) is 0 Å². The summed E-state index contributed by atoms with van der Waals surface area (Å²) in [6.45, 7) is -0.333. The zero-order chi connectivity index (χ0) is 22.4. The van der Waals surface area contributed by atoms with E-state index in [9.17, 15) is 22.8 Å². The highest BCUT2D eigenvalue weighted by Gasteiger charge is 2.30. The van der Waals surface area contributed by atoms with Crippen LogP contribution in [0.4, 0.5) is 18.9 Å². The topological polar surface area (TPSA) is 73.2 Å². The zero-order valence-electron chi connectivity index (χ0n) is 16.3. The van der Waals surface area contributed by atoms with Gasteiger partial charge in [0.25, 0.3) is 0 Å². The lowest BCUT2D eigenvalue weighted by Crippen LogP contribution is -2.17. The Labute approximate surface area is 180 Å². The largest absolute Gasteiger partial charge is 0.457 e. The van der Waals surface area contributed by atoms with Gasteiger partial charge in [0.2, 0.25) is 5.91 Å². The first-order valence-corrected chi connectivity index (χ1v) is 10.0. The standard InChI is InChI=1S/C21H18F3N3O3S/c1-27-10-9-25-20(27)31-13-18(28)26-17-8-3-2-7-16(17)19(29)30-12-14-5-4-6-15(11-14)21(22,23)24/h2-11H,12-13H2,1H3,(H,26,28). The molecule has 162 valence electrons. The van der Waals surface area contributed by atoms with Crippen LogP contribution in [0.15, 0.2) is 66.1 Å². The van der Waals surface area contributed by atoms with E-state index in [0.717, 1.165) is 12.1 Å². The van der Waals surface area contributed by atoms with E-state index < -0.39 is 17.7 Å². The summed E-state index contributed by atoms with van der Waals surface area (Å²) < 4.78 is 45.4. The molecule has 0 aliphatic carbocycles. The molecule has 0 unspecified atom stereocenters. The van der Waals surface area contributed by atoms with Crippen molar-refractivity contribution < 1.29 is 27.5 Å². The van der Waals surface area contributed by atoms with Gasteiger partial charge in [0.1, 0.15) is 6.61 Å². The Balaban J connectivity index is 1.62. The molecule has 1 amide bonds. The molecule has 2 aromatic carbocycles. The lowest BCUT2D eigenvalue weighted by molar-refractivity contribution is -0.137. The predicted octanol–water partition coefficient (Wildman–Crippen LogP) is 4.53. The highest BCUT2D eigenvalue weighted by Crippen LogP contribution is 2.29. The highest BCUT2D eigenvalue weighted by molar-refractivity contribution is 7.99. The van der Waals surface area contributed by atoms with Crippen LogP contribution in [0.5, 0.6) is 0 Å². The van der Waals surface area contributed by atoms with Gasteiger partial charge < -0.3 is 14.6 Å². The number of ether oxygens (including phenoxy) is 1. The molecule has 0 radical (unpaired) electrons. The van der Waals surface area contributed by atoms with Crippen LogP contribution in [0.2, 0.25) is 0 Å². The molecule has 3 rings (SSSR count). The van der Waals surface area contributed by atoms with Crippen molar-refractivity contribution in [2.24, 2.45) is 7.05 Å². The van der Waals surface area contributed by atoms with E-state index in [2.05, 4.69) is 10.3 Å². The number of nitrogens with zero attached hydrogens (tertiary/aromatic N) is 2. The number of halogens is 3. The Morgan fingerprint density at radius 1 is 1.16 bits per heavy atom. The number of nitrogens with one attached hydrogen (secondary N) is 1. The van der Waals surface area contributed by atoms with E-state index in [-0.39, 0.29) is 35.1 Å². The van der Waals surface area contributed by atoms with E-state index in [4.69, 9.17) is 4.74 Å². The van der Waals surface area contributed by atoms with Crippen LogP contribution >= 0.6 is 11.8 Å². The van der Waals surface area contributed by atoms with Gasteiger partial charge in [-0.15, -0.1) is 0 Å². The molecule has 0 atom stereocenters. The molecule has 0 aliphatic heterocycles. The number of imidazole rings is 1. The number of hydrogen-bond donors (Lipinski definition) is 1. The molecule has 1 N–H and O–H groups in total. The molecule has 6 nitrogen and oxygen atoms in total. The summed E-state index contributed by atoms with van der Waals surface area (Å²) in [6.07, 6.45) is -1.10. The Morgan fingerprint density at radius 2 is 1.94 bits per heavy atom.